The number of aryl methyl sites for hydroxylation is 1. The van der Waals surface area contributed by atoms with Crippen molar-refractivity contribution in [2.45, 2.75) is 56.7 Å². The maximum Gasteiger partial charge on any atom is 0.305 e. The van der Waals surface area contributed by atoms with Gasteiger partial charge in [-0.3, -0.25) is 14.6 Å². The van der Waals surface area contributed by atoms with Crippen LogP contribution in [0.25, 0.3) is 0 Å². The highest BCUT2D eigenvalue weighted by molar-refractivity contribution is 5.93. The Morgan fingerprint density at radius 3 is 2.68 bits per heavy atom. The highest BCUT2D eigenvalue weighted by Crippen LogP contribution is 2.23. The topological polar surface area (TPSA) is 130 Å². The summed E-state index contributed by atoms with van der Waals surface area (Å²) in [7, 11) is 0. The van der Waals surface area contributed by atoms with E-state index < -0.39 is 18.1 Å². The molecule has 38 heavy (non-hydrogen) atoms. The third-order valence-electron chi connectivity index (χ3n) is 7.59. The van der Waals surface area contributed by atoms with Crippen molar-refractivity contribution >= 4 is 17.8 Å². The van der Waals surface area contributed by atoms with E-state index in [1.54, 1.807) is 11.0 Å². The molecule has 0 spiro atoms. The van der Waals surface area contributed by atoms with Crippen molar-refractivity contribution in [2.75, 3.05) is 56.3 Å². The Morgan fingerprint density at radius 1 is 1.11 bits per heavy atom. The van der Waals surface area contributed by atoms with E-state index in [2.05, 4.69) is 20.9 Å². The lowest BCUT2D eigenvalue weighted by molar-refractivity contribution is -0.759. The fourth-order valence-corrected chi connectivity index (χ4v) is 5.54. The summed E-state index contributed by atoms with van der Waals surface area (Å²) in [5.74, 6) is -1.05. The number of carboxylic acids is 1. The average Bonchev–Trinajstić information content (AvgIpc) is 3.33. The number of hydrazine groups is 1. The van der Waals surface area contributed by atoms with Crippen molar-refractivity contribution in [3.8, 4) is 0 Å². The minimum absolute atomic E-state index is 0.150. The molecule has 4 heterocycles. The highest BCUT2D eigenvalue weighted by atomic mass is 16.5. The molecule has 1 amide bonds. The lowest BCUT2D eigenvalue weighted by Crippen LogP contribution is -2.62. The van der Waals surface area contributed by atoms with Gasteiger partial charge in [-0.25, -0.2) is 10.0 Å². The van der Waals surface area contributed by atoms with Gasteiger partial charge in [0.15, 0.2) is 0 Å². The number of aromatic nitrogens is 2. The summed E-state index contributed by atoms with van der Waals surface area (Å²) in [6.07, 6.45) is 6.06. The van der Waals surface area contributed by atoms with E-state index >= 15 is 0 Å². The molecule has 2 N–H and O–H groups in total. The first-order valence-electron chi connectivity index (χ1n) is 13.6. The van der Waals surface area contributed by atoms with Crippen molar-refractivity contribution < 1.29 is 28.7 Å². The van der Waals surface area contributed by atoms with Crippen LogP contribution >= 0.6 is 0 Å². The summed E-state index contributed by atoms with van der Waals surface area (Å²) < 4.78 is 10.8. The van der Waals surface area contributed by atoms with Gasteiger partial charge in [0.25, 0.3) is 6.20 Å². The van der Waals surface area contributed by atoms with Crippen LogP contribution in [0.2, 0.25) is 0 Å². The van der Waals surface area contributed by atoms with Gasteiger partial charge in [-0.15, -0.1) is 5.01 Å². The van der Waals surface area contributed by atoms with Crippen molar-refractivity contribution in [3.63, 3.8) is 0 Å². The second kappa shape index (κ2) is 12.7. The molecule has 2 aromatic rings. The smallest absolute Gasteiger partial charge is 0.305 e. The summed E-state index contributed by atoms with van der Waals surface area (Å²) in [5.41, 5.74) is 1.13. The zero-order valence-electron chi connectivity index (χ0n) is 21.7. The number of ether oxygens (including phenoxy) is 1. The minimum atomic E-state index is -1.06. The average molecular weight is 528 g/mol. The van der Waals surface area contributed by atoms with Gasteiger partial charge in [0, 0.05) is 25.7 Å². The molecular weight excluding hydrogens is 490 g/mol. The zero-order valence-corrected chi connectivity index (χ0v) is 21.7. The second-order valence-electron chi connectivity index (χ2n) is 10.2. The SMILES string of the molecule is O=C(Nc1c[n+](N2CCOCC2)no1)[C@H](CCc1ccccc1)N[C@H]1CCN2CCCCN2[C@@H](C(=O)[O-])C1. The van der Waals surface area contributed by atoms with Crippen LogP contribution in [0.5, 0.6) is 0 Å². The van der Waals surface area contributed by atoms with E-state index in [0.29, 0.717) is 45.6 Å². The van der Waals surface area contributed by atoms with Gasteiger partial charge in [0.05, 0.1) is 49.1 Å². The van der Waals surface area contributed by atoms with Crippen LogP contribution in [-0.2, 0) is 20.7 Å². The molecule has 0 radical (unpaired) electrons. The van der Waals surface area contributed by atoms with Crippen LogP contribution < -0.4 is 25.5 Å². The number of rotatable bonds is 9. The lowest BCUT2D eigenvalue weighted by atomic mass is 10.00. The highest BCUT2D eigenvalue weighted by Gasteiger charge is 2.35. The van der Waals surface area contributed by atoms with Crippen molar-refractivity contribution in [2.24, 2.45) is 0 Å². The summed E-state index contributed by atoms with van der Waals surface area (Å²) in [6, 6.07) is 8.61. The van der Waals surface area contributed by atoms with E-state index in [4.69, 9.17) is 9.26 Å². The largest absolute Gasteiger partial charge is 0.548 e. The Balaban J connectivity index is 1.28. The lowest BCUT2D eigenvalue weighted by Gasteiger charge is -2.42. The van der Waals surface area contributed by atoms with Crippen molar-refractivity contribution in [1.29, 1.82) is 0 Å². The van der Waals surface area contributed by atoms with Crippen LogP contribution in [0.3, 0.4) is 0 Å². The van der Waals surface area contributed by atoms with Crippen LogP contribution in [-0.4, -0.2) is 91.2 Å². The van der Waals surface area contributed by atoms with Crippen LogP contribution in [0.1, 0.15) is 37.7 Å². The van der Waals surface area contributed by atoms with Crippen LogP contribution in [0.4, 0.5) is 5.88 Å². The molecule has 0 saturated carbocycles. The first-order valence-corrected chi connectivity index (χ1v) is 13.6. The monoisotopic (exact) mass is 527 g/mol. The molecule has 0 aliphatic carbocycles. The fraction of sp³-hybridized carbons (Fsp3) is 0.615. The number of nitrogens with one attached hydrogen (secondary N) is 2. The van der Waals surface area contributed by atoms with Gasteiger partial charge in [0.1, 0.15) is 0 Å². The third kappa shape index (κ3) is 6.68. The predicted octanol–water partition coefficient (Wildman–Crippen LogP) is -0.946. The minimum Gasteiger partial charge on any atom is -0.548 e. The Labute approximate surface area is 222 Å². The normalized spacial score (nSPS) is 23.8. The molecule has 1 aromatic carbocycles. The number of aliphatic carboxylic acids is 1. The first-order chi connectivity index (χ1) is 18.6. The van der Waals surface area contributed by atoms with Crippen LogP contribution in [0, 0.1) is 0 Å². The third-order valence-corrected chi connectivity index (χ3v) is 7.59. The summed E-state index contributed by atoms with van der Waals surface area (Å²) >= 11 is 0. The van der Waals surface area contributed by atoms with E-state index in [1.807, 2.05) is 40.3 Å². The fourth-order valence-electron chi connectivity index (χ4n) is 5.54. The molecule has 12 heteroatoms. The second-order valence-corrected chi connectivity index (χ2v) is 10.2. The number of fused-ring (bicyclic) bond motifs is 1. The molecular formula is C26H37N7O5. The zero-order chi connectivity index (χ0) is 26.3. The number of carbonyl (C=O) groups is 2. The number of carboxylic acid groups (broad SMARTS) is 1. The predicted molar refractivity (Wildman–Crippen MR) is 135 cm³/mol. The van der Waals surface area contributed by atoms with Crippen LogP contribution in [0.15, 0.2) is 41.1 Å². The number of carbonyl (C=O) groups excluding carboxylic acids is 2. The summed E-state index contributed by atoms with van der Waals surface area (Å²) in [5, 5.41) is 28.6. The Kier molecular flexibility index (Phi) is 8.84. The van der Waals surface area contributed by atoms with Gasteiger partial charge in [-0.05, 0) is 44.1 Å². The number of amides is 1. The van der Waals surface area contributed by atoms with Gasteiger partial charge in [-0.1, -0.05) is 30.3 Å². The quantitative estimate of drug-likeness (QED) is 0.394. The number of hydrogen-bond acceptors (Lipinski definition) is 10. The van der Waals surface area contributed by atoms with Crippen molar-refractivity contribution in [1.82, 2.24) is 20.6 Å². The van der Waals surface area contributed by atoms with Gasteiger partial charge in [0.2, 0.25) is 11.2 Å². The number of nitrogens with zero attached hydrogens (tertiary/aromatic N) is 5. The van der Waals surface area contributed by atoms with Gasteiger partial charge >= 0.3 is 5.88 Å². The number of morpholine rings is 1. The molecule has 206 valence electrons. The van der Waals surface area contributed by atoms with Crippen molar-refractivity contribution in [3.05, 3.63) is 42.1 Å². The van der Waals surface area contributed by atoms with E-state index in [0.717, 1.165) is 44.5 Å². The molecule has 3 saturated heterocycles. The molecule has 5 rings (SSSR count). The van der Waals surface area contributed by atoms with Gasteiger partial charge in [-0.2, -0.15) is 0 Å². The van der Waals surface area contributed by atoms with E-state index in [-0.39, 0.29) is 17.8 Å². The number of hydrogen-bond donors (Lipinski definition) is 2. The van der Waals surface area contributed by atoms with E-state index in [1.165, 1.54) is 0 Å². The van der Waals surface area contributed by atoms with E-state index in [9.17, 15) is 14.7 Å². The Hall–Kier alpha value is -3.06. The first kappa shape index (κ1) is 26.5. The maximum atomic E-state index is 13.5. The summed E-state index contributed by atoms with van der Waals surface area (Å²) in [6.45, 7) is 4.89. The number of benzene rings is 1. The Morgan fingerprint density at radius 2 is 1.89 bits per heavy atom. The molecule has 3 fully saturated rings. The number of anilines is 1. The molecule has 3 aliphatic rings. The molecule has 0 bridgehead atoms. The molecule has 0 unspecified atom stereocenters. The maximum absolute atomic E-state index is 13.5. The summed E-state index contributed by atoms with van der Waals surface area (Å²) in [4.78, 5) is 27.2. The molecule has 1 aromatic heterocycles. The standard InChI is InChI=1S/C26H37N7O5/c34-25(28-24-19-33(29-38-24)31-14-16-37-17-15-31)22(9-8-20-6-2-1-3-7-20)27-21-10-13-30-11-4-5-12-32(30)23(18-21)26(35)36/h1-3,6-7,19,21-23,27H,4-5,8-18H2,(H-,28,29,34,35,36)/t21-,22-,23+/m0/s1. The van der Waals surface area contributed by atoms with Gasteiger partial charge < -0.3 is 20.0 Å². The molecule has 3 atom stereocenters. The molecule has 3 aliphatic heterocycles. The molecule has 12 nitrogen and oxygen atoms in total. The Bertz CT molecular complexity index is 1060.